The van der Waals surface area contributed by atoms with E-state index in [2.05, 4.69) is 17.6 Å². The molecule has 0 unspecified atom stereocenters. The first-order chi connectivity index (χ1) is 12.2. The maximum absolute atomic E-state index is 12.7. The van der Waals surface area contributed by atoms with E-state index in [1.54, 1.807) is 17.0 Å². The average molecular weight is 341 g/mol. The lowest BCUT2D eigenvalue weighted by molar-refractivity contribution is 0.0958. The van der Waals surface area contributed by atoms with Crippen molar-refractivity contribution in [1.29, 1.82) is 0 Å². The Labute approximate surface area is 147 Å². The predicted octanol–water partition coefficient (Wildman–Crippen LogP) is 3.79. The van der Waals surface area contributed by atoms with Crippen molar-refractivity contribution in [3.63, 3.8) is 0 Å². The first kappa shape index (κ1) is 17.1. The van der Waals surface area contributed by atoms with Crippen LogP contribution in [0.15, 0.2) is 41.0 Å². The maximum Gasteiger partial charge on any atom is 0.319 e. The van der Waals surface area contributed by atoms with E-state index in [1.165, 1.54) is 6.26 Å². The predicted molar refractivity (Wildman–Crippen MR) is 97.1 cm³/mol. The Kier molecular flexibility index (Phi) is 5.38. The highest BCUT2D eigenvalue weighted by molar-refractivity contribution is 6.05. The second kappa shape index (κ2) is 7.88. The minimum atomic E-state index is -0.212. The van der Waals surface area contributed by atoms with Gasteiger partial charge in [-0.3, -0.25) is 4.79 Å². The molecule has 132 valence electrons. The van der Waals surface area contributed by atoms with Gasteiger partial charge in [0.1, 0.15) is 0 Å². The molecule has 2 aromatic rings. The zero-order valence-corrected chi connectivity index (χ0v) is 14.4. The number of nitrogens with zero attached hydrogens (tertiary/aromatic N) is 1. The number of unbranched alkanes of at least 4 members (excludes halogenated alkanes) is 1. The monoisotopic (exact) mass is 341 g/mol. The molecule has 0 bridgehead atoms. The number of hydrogen-bond donors (Lipinski definition) is 2. The third-order valence-corrected chi connectivity index (χ3v) is 4.29. The minimum Gasteiger partial charge on any atom is -0.459 e. The van der Waals surface area contributed by atoms with Gasteiger partial charge in [-0.2, -0.15) is 0 Å². The van der Waals surface area contributed by atoms with Crippen LogP contribution in [0.1, 0.15) is 42.3 Å². The molecule has 1 aromatic heterocycles. The number of furan rings is 1. The number of carbonyl (C=O) groups excluding carboxylic acids is 2. The number of carbonyl (C=O) groups is 2. The topological polar surface area (TPSA) is 74.6 Å². The lowest BCUT2D eigenvalue weighted by atomic mass is 9.99. The quantitative estimate of drug-likeness (QED) is 0.813. The normalized spacial score (nSPS) is 13.2. The number of fused-ring (bicyclic) bond motifs is 1. The summed E-state index contributed by atoms with van der Waals surface area (Å²) in [4.78, 5) is 26.4. The van der Waals surface area contributed by atoms with Gasteiger partial charge >= 0.3 is 6.03 Å². The van der Waals surface area contributed by atoms with Crippen LogP contribution >= 0.6 is 0 Å². The highest BCUT2D eigenvalue weighted by atomic mass is 16.3. The minimum absolute atomic E-state index is 0.157. The van der Waals surface area contributed by atoms with Crippen LogP contribution in [0, 0.1) is 0 Å². The Balaban J connectivity index is 1.79. The van der Waals surface area contributed by atoms with Gasteiger partial charge in [0.2, 0.25) is 0 Å². The Bertz CT molecular complexity index is 740. The summed E-state index contributed by atoms with van der Waals surface area (Å²) >= 11 is 0. The molecule has 2 N–H and O–H groups in total. The molecule has 0 saturated heterocycles. The molecule has 6 heteroatoms. The SMILES string of the molecule is CCCCNC(=O)Nc1cccc2c1CCCN2C(=O)c1ccco1. The Morgan fingerprint density at radius 3 is 2.88 bits per heavy atom. The van der Waals surface area contributed by atoms with Gasteiger partial charge in [-0.25, -0.2) is 4.79 Å². The molecule has 1 aliphatic rings. The van der Waals surface area contributed by atoms with Crippen molar-refractivity contribution < 1.29 is 14.0 Å². The lowest BCUT2D eigenvalue weighted by Crippen LogP contribution is -2.36. The standard InChI is InChI=1S/C19H23N3O3/c1-2-3-11-20-19(24)21-15-8-4-9-16-14(15)7-5-12-22(16)18(23)17-10-6-13-25-17/h4,6,8-10,13H,2-3,5,7,11-12H2,1H3,(H2,20,21,24). The molecule has 25 heavy (non-hydrogen) atoms. The third kappa shape index (κ3) is 3.84. The molecule has 0 fully saturated rings. The van der Waals surface area contributed by atoms with Crippen molar-refractivity contribution in [2.45, 2.75) is 32.6 Å². The Morgan fingerprint density at radius 2 is 2.12 bits per heavy atom. The summed E-state index contributed by atoms with van der Waals surface area (Å²) in [5.41, 5.74) is 2.57. The van der Waals surface area contributed by atoms with E-state index in [4.69, 9.17) is 4.42 Å². The van der Waals surface area contributed by atoms with E-state index in [-0.39, 0.29) is 11.9 Å². The van der Waals surface area contributed by atoms with Gasteiger partial charge in [-0.1, -0.05) is 19.4 Å². The highest BCUT2D eigenvalue weighted by Crippen LogP contribution is 2.33. The molecule has 3 rings (SSSR count). The van der Waals surface area contributed by atoms with Crippen LogP contribution in [0.2, 0.25) is 0 Å². The van der Waals surface area contributed by atoms with Crippen LogP contribution in [-0.2, 0) is 6.42 Å². The van der Waals surface area contributed by atoms with Crippen LogP contribution in [0.4, 0.5) is 16.2 Å². The first-order valence-corrected chi connectivity index (χ1v) is 8.73. The molecule has 0 radical (unpaired) electrons. The number of rotatable bonds is 5. The van der Waals surface area contributed by atoms with Crippen molar-refractivity contribution in [3.05, 3.63) is 47.9 Å². The fraction of sp³-hybridized carbons (Fsp3) is 0.368. The number of hydrogen-bond acceptors (Lipinski definition) is 3. The summed E-state index contributed by atoms with van der Waals surface area (Å²) in [6, 6.07) is 8.80. The summed E-state index contributed by atoms with van der Waals surface area (Å²) in [5.74, 6) is 0.166. The molecule has 2 heterocycles. The number of urea groups is 1. The second-order valence-corrected chi connectivity index (χ2v) is 6.08. The maximum atomic E-state index is 12.7. The van der Waals surface area contributed by atoms with E-state index >= 15 is 0 Å². The summed E-state index contributed by atoms with van der Waals surface area (Å²) < 4.78 is 5.24. The van der Waals surface area contributed by atoms with Gasteiger partial charge < -0.3 is 20.0 Å². The fourth-order valence-corrected chi connectivity index (χ4v) is 3.03. The zero-order valence-electron chi connectivity index (χ0n) is 14.4. The third-order valence-electron chi connectivity index (χ3n) is 4.29. The van der Waals surface area contributed by atoms with Crippen LogP contribution in [0.5, 0.6) is 0 Å². The lowest BCUT2D eigenvalue weighted by Gasteiger charge is -2.30. The number of anilines is 2. The van der Waals surface area contributed by atoms with Gasteiger partial charge in [-0.15, -0.1) is 0 Å². The van der Waals surface area contributed by atoms with Crippen LogP contribution in [0.25, 0.3) is 0 Å². The van der Waals surface area contributed by atoms with E-state index in [0.29, 0.717) is 18.8 Å². The molecular formula is C19H23N3O3. The van der Waals surface area contributed by atoms with Gasteiger partial charge in [0.15, 0.2) is 5.76 Å². The number of amides is 3. The molecule has 0 aliphatic carbocycles. The van der Waals surface area contributed by atoms with E-state index in [0.717, 1.165) is 42.6 Å². The Morgan fingerprint density at radius 1 is 1.24 bits per heavy atom. The van der Waals surface area contributed by atoms with Crippen molar-refractivity contribution in [2.75, 3.05) is 23.3 Å². The van der Waals surface area contributed by atoms with Crippen molar-refractivity contribution in [3.8, 4) is 0 Å². The molecule has 3 amide bonds. The molecule has 1 aliphatic heterocycles. The molecule has 0 spiro atoms. The largest absolute Gasteiger partial charge is 0.459 e. The zero-order chi connectivity index (χ0) is 17.6. The molecule has 0 saturated carbocycles. The van der Waals surface area contributed by atoms with E-state index < -0.39 is 0 Å². The van der Waals surface area contributed by atoms with Gasteiger partial charge in [0.25, 0.3) is 5.91 Å². The Hall–Kier alpha value is -2.76. The molecular weight excluding hydrogens is 318 g/mol. The average Bonchev–Trinajstić information content (AvgIpc) is 3.16. The summed E-state index contributed by atoms with van der Waals surface area (Å²) in [6.07, 6.45) is 5.14. The van der Waals surface area contributed by atoms with Crippen molar-refractivity contribution >= 4 is 23.3 Å². The molecule has 1 aromatic carbocycles. The van der Waals surface area contributed by atoms with Crippen LogP contribution in [0.3, 0.4) is 0 Å². The highest BCUT2D eigenvalue weighted by Gasteiger charge is 2.26. The summed E-state index contributed by atoms with van der Waals surface area (Å²) in [7, 11) is 0. The molecule has 0 atom stereocenters. The van der Waals surface area contributed by atoms with Gasteiger partial charge in [-0.05, 0) is 49.1 Å². The summed E-state index contributed by atoms with van der Waals surface area (Å²) in [6.45, 7) is 3.37. The number of benzene rings is 1. The van der Waals surface area contributed by atoms with Crippen molar-refractivity contribution in [1.82, 2.24) is 5.32 Å². The first-order valence-electron chi connectivity index (χ1n) is 8.73. The van der Waals surface area contributed by atoms with Crippen LogP contribution in [-0.4, -0.2) is 25.0 Å². The number of nitrogens with one attached hydrogen (secondary N) is 2. The van der Waals surface area contributed by atoms with Crippen LogP contribution < -0.4 is 15.5 Å². The fourth-order valence-electron chi connectivity index (χ4n) is 3.03. The molecule has 6 nitrogen and oxygen atoms in total. The summed E-state index contributed by atoms with van der Waals surface area (Å²) in [5, 5.41) is 5.76. The van der Waals surface area contributed by atoms with Crippen molar-refractivity contribution in [2.24, 2.45) is 0 Å². The van der Waals surface area contributed by atoms with E-state index in [9.17, 15) is 9.59 Å². The second-order valence-electron chi connectivity index (χ2n) is 6.08. The van der Waals surface area contributed by atoms with Gasteiger partial charge in [0, 0.05) is 24.5 Å². The van der Waals surface area contributed by atoms with Gasteiger partial charge in [0.05, 0.1) is 6.26 Å². The van der Waals surface area contributed by atoms with E-state index in [1.807, 2.05) is 18.2 Å². The smallest absolute Gasteiger partial charge is 0.319 e.